The van der Waals surface area contributed by atoms with Crippen LogP contribution in [0.4, 0.5) is 4.39 Å². The number of ether oxygens (including phenoxy) is 1. The van der Waals surface area contributed by atoms with Crippen LogP contribution in [0.15, 0.2) is 83.8 Å². The number of fused-ring (bicyclic) bond motifs is 2. The fourth-order valence-corrected chi connectivity index (χ4v) is 7.24. The van der Waals surface area contributed by atoms with E-state index in [1.54, 1.807) is 47.9 Å². The topological polar surface area (TPSA) is 92.7 Å². The fraction of sp³-hybridized carbons (Fsp3) is 0.296. The highest BCUT2D eigenvalue weighted by atomic mass is 32.2. The largest absolute Gasteiger partial charge is 0.367 e. The molecule has 2 heterocycles. The molecule has 0 radical (unpaired) electrons. The molecule has 2 bridgehead atoms. The summed E-state index contributed by atoms with van der Waals surface area (Å²) >= 11 is 0. The smallest absolute Gasteiger partial charge is 0.246 e. The lowest BCUT2D eigenvalue weighted by Crippen LogP contribution is -2.49. The molecule has 0 aromatic heterocycles. The molecule has 0 saturated carbocycles. The van der Waals surface area contributed by atoms with E-state index in [4.69, 9.17) is 4.74 Å². The molecular formula is C27H26FNO5S. The Morgan fingerprint density at radius 2 is 1.77 bits per heavy atom. The van der Waals surface area contributed by atoms with E-state index >= 15 is 0 Å². The van der Waals surface area contributed by atoms with E-state index in [0.717, 1.165) is 16.7 Å². The first kappa shape index (κ1) is 23.7. The Kier molecular flexibility index (Phi) is 6.21. The molecule has 6 nitrogen and oxygen atoms in total. The molecule has 0 aliphatic carbocycles. The molecule has 4 unspecified atom stereocenters. The summed E-state index contributed by atoms with van der Waals surface area (Å²) < 4.78 is 46.2. The van der Waals surface area contributed by atoms with Gasteiger partial charge in [-0.1, -0.05) is 48.5 Å². The van der Waals surface area contributed by atoms with E-state index in [2.05, 4.69) is 0 Å². The summed E-state index contributed by atoms with van der Waals surface area (Å²) in [7, 11) is -3.66. The summed E-state index contributed by atoms with van der Waals surface area (Å²) in [5, 5.41) is 9.46. The Morgan fingerprint density at radius 3 is 2.49 bits per heavy atom. The lowest BCUT2D eigenvalue weighted by atomic mass is 9.77. The first-order chi connectivity index (χ1) is 16.8. The van der Waals surface area contributed by atoms with Crippen LogP contribution in [0.2, 0.25) is 0 Å². The molecule has 4 atom stereocenters. The summed E-state index contributed by atoms with van der Waals surface area (Å²) in [6.45, 7) is 0. The first-order valence-corrected chi connectivity index (χ1v) is 13.2. The van der Waals surface area contributed by atoms with E-state index < -0.39 is 39.3 Å². The molecular weight excluding hydrogens is 469 g/mol. The van der Waals surface area contributed by atoms with Crippen molar-refractivity contribution in [3.05, 3.63) is 90.2 Å². The van der Waals surface area contributed by atoms with Gasteiger partial charge in [-0.25, -0.2) is 18.3 Å². The predicted molar refractivity (Wildman–Crippen MR) is 128 cm³/mol. The van der Waals surface area contributed by atoms with Crippen LogP contribution in [0.25, 0.3) is 11.1 Å². The van der Waals surface area contributed by atoms with Gasteiger partial charge in [-0.3, -0.25) is 10.0 Å². The number of carbonyl (C=O) groups is 1. The van der Waals surface area contributed by atoms with Gasteiger partial charge in [-0.05, 0) is 66.3 Å². The van der Waals surface area contributed by atoms with Crippen molar-refractivity contribution in [2.75, 3.05) is 5.75 Å². The van der Waals surface area contributed by atoms with Gasteiger partial charge in [-0.2, -0.15) is 0 Å². The maximum atomic E-state index is 13.4. The lowest BCUT2D eigenvalue weighted by molar-refractivity contribution is -0.158. The van der Waals surface area contributed by atoms with Crippen molar-refractivity contribution in [2.24, 2.45) is 11.8 Å². The Labute approximate surface area is 203 Å². The molecule has 5 rings (SSSR count). The molecule has 8 heteroatoms. The summed E-state index contributed by atoms with van der Waals surface area (Å²) in [6, 6.07) is 22.1. The lowest BCUT2D eigenvalue weighted by Gasteiger charge is -2.42. The van der Waals surface area contributed by atoms with Gasteiger partial charge in [0.15, 0.2) is 9.84 Å². The predicted octanol–water partition coefficient (Wildman–Crippen LogP) is 4.48. The molecule has 2 fully saturated rings. The van der Waals surface area contributed by atoms with Crippen molar-refractivity contribution in [3.63, 3.8) is 0 Å². The fourth-order valence-electron chi connectivity index (χ4n) is 5.53. The second kappa shape index (κ2) is 9.18. The number of hydrogen-bond donors (Lipinski definition) is 2. The summed E-state index contributed by atoms with van der Waals surface area (Å²) in [4.78, 5) is 13.0. The zero-order valence-corrected chi connectivity index (χ0v) is 19.7. The SMILES string of the molecule is O=C(NO)C1CC2(c3cccc(-c4ccc(F)cc4)c3)CCC(O2)C1CS(=O)(=O)c1ccccc1. The van der Waals surface area contributed by atoms with Crippen LogP contribution >= 0.6 is 0 Å². The van der Waals surface area contributed by atoms with Gasteiger partial charge in [0, 0.05) is 11.8 Å². The number of halogens is 1. The van der Waals surface area contributed by atoms with Crippen molar-refractivity contribution >= 4 is 15.7 Å². The molecule has 35 heavy (non-hydrogen) atoms. The number of nitrogens with one attached hydrogen (secondary N) is 1. The van der Waals surface area contributed by atoms with Crippen molar-refractivity contribution in [2.45, 2.75) is 35.9 Å². The highest BCUT2D eigenvalue weighted by Gasteiger charge is 2.55. The van der Waals surface area contributed by atoms with Crippen LogP contribution in [0.5, 0.6) is 0 Å². The monoisotopic (exact) mass is 495 g/mol. The second-order valence-corrected chi connectivity index (χ2v) is 11.4. The maximum absolute atomic E-state index is 13.4. The van der Waals surface area contributed by atoms with Gasteiger partial charge in [0.25, 0.3) is 0 Å². The Morgan fingerprint density at radius 1 is 1.03 bits per heavy atom. The van der Waals surface area contributed by atoms with E-state index in [1.165, 1.54) is 12.1 Å². The second-order valence-electron chi connectivity index (χ2n) is 9.32. The Bertz CT molecular complexity index is 1330. The van der Waals surface area contributed by atoms with Crippen LogP contribution < -0.4 is 5.48 Å². The van der Waals surface area contributed by atoms with E-state index in [9.17, 15) is 22.8 Å². The molecule has 3 aromatic rings. The standard InChI is InChI=1S/C27H26FNO5S/c28-21-11-9-18(10-12-21)19-5-4-6-20(15-19)27-14-13-25(34-27)24(23(16-27)26(30)29-31)17-35(32,33)22-7-2-1-3-8-22/h1-12,15,23-25,31H,13-14,16-17H2,(H,29,30). The number of hydroxylamine groups is 1. The van der Waals surface area contributed by atoms with Crippen molar-refractivity contribution < 1.29 is 27.5 Å². The zero-order chi connectivity index (χ0) is 24.6. The molecule has 2 aliphatic rings. The van der Waals surface area contributed by atoms with Crippen LogP contribution in [0.3, 0.4) is 0 Å². The highest BCUT2D eigenvalue weighted by molar-refractivity contribution is 7.91. The molecule has 2 saturated heterocycles. The molecule has 3 aromatic carbocycles. The Balaban J connectivity index is 1.47. The van der Waals surface area contributed by atoms with E-state index in [0.29, 0.717) is 12.8 Å². The van der Waals surface area contributed by atoms with Crippen LogP contribution in [-0.4, -0.2) is 31.4 Å². The van der Waals surface area contributed by atoms with Gasteiger partial charge < -0.3 is 4.74 Å². The van der Waals surface area contributed by atoms with E-state index in [-0.39, 0.29) is 22.9 Å². The van der Waals surface area contributed by atoms with Gasteiger partial charge in [0.2, 0.25) is 5.91 Å². The normalized spacial score (nSPS) is 25.8. The minimum Gasteiger partial charge on any atom is -0.367 e. The summed E-state index contributed by atoms with van der Waals surface area (Å²) in [6.07, 6.45) is 1.03. The zero-order valence-electron chi connectivity index (χ0n) is 18.9. The quantitative estimate of drug-likeness (QED) is 0.389. The van der Waals surface area contributed by atoms with Gasteiger partial charge in [0.1, 0.15) is 5.82 Å². The van der Waals surface area contributed by atoms with Gasteiger partial charge in [0.05, 0.1) is 22.4 Å². The third-order valence-corrected chi connectivity index (χ3v) is 9.10. The number of benzene rings is 3. The molecule has 182 valence electrons. The average molecular weight is 496 g/mol. The number of rotatable bonds is 6. The number of carbonyl (C=O) groups excluding carboxylic acids is 1. The van der Waals surface area contributed by atoms with E-state index in [1.807, 2.05) is 24.3 Å². The third kappa shape index (κ3) is 4.49. The number of hydrogen-bond acceptors (Lipinski definition) is 5. The molecule has 2 N–H and O–H groups in total. The Hall–Kier alpha value is -3.07. The summed E-state index contributed by atoms with van der Waals surface area (Å²) in [5.41, 5.74) is 3.59. The molecule has 2 aliphatic heterocycles. The van der Waals surface area contributed by atoms with Crippen LogP contribution in [0, 0.1) is 17.7 Å². The third-order valence-electron chi connectivity index (χ3n) is 7.28. The van der Waals surface area contributed by atoms with Gasteiger partial charge >= 0.3 is 0 Å². The minimum atomic E-state index is -3.66. The minimum absolute atomic E-state index is 0.199. The van der Waals surface area contributed by atoms with Crippen LogP contribution in [0.1, 0.15) is 24.8 Å². The molecule has 1 amide bonds. The van der Waals surface area contributed by atoms with Gasteiger partial charge in [-0.15, -0.1) is 0 Å². The maximum Gasteiger partial charge on any atom is 0.246 e. The number of amides is 1. The van der Waals surface area contributed by atoms with Crippen molar-refractivity contribution in [1.29, 1.82) is 0 Å². The van der Waals surface area contributed by atoms with Crippen molar-refractivity contribution in [1.82, 2.24) is 5.48 Å². The summed E-state index contributed by atoms with van der Waals surface area (Å²) in [5.74, 6) is -2.50. The van der Waals surface area contributed by atoms with Crippen LogP contribution in [-0.2, 0) is 25.0 Å². The average Bonchev–Trinajstić information content (AvgIpc) is 3.26. The number of sulfone groups is 1. The van der Waals surface area contributed by atoms with Crippen molar-refractivity contribution in [3.8, 4) is 11.1 Å². The molecule has 0 spiro atoms. The highest BCUT2D eigenvalue weighted by Crippen LogP contribution is 2.53. The first-order valence-electron chi connectivity index (χ1n) is 11.6.